The van der Waals surface area contributed by atoms with Crippen molar-refractivity contribution >= 4 is 17.9 Å². The molecule has 2 aromatic carbocycles. The number of aliphatic imine (C=N–C) groups is 1. The van der Waals surface area contributed by atoms with Crippen LogP contribution in [0.4, 0.5) is 4.79 Å². The molecule has 0 radical (unpaired) electrons. The Labute approximate surface area is 183 Å². The van der Waals surface area contributed by atoms with Crippen molar-refractivity contribution in [1.82, 2.24) is 5.32 Å². The fraction of sp³-hybridized carbons (Fsp3) is 0.400. The summed E-state index contributed by atoms with van der Waals surface area (Å²) in [4.78, 5) is 29.3. The van der Waals surface area contributed by atoms with Crippen LogP contribution in [0.2, 0.25) is 0 Å². The largest absolute Gasteiger partial charge is 0.455 e. The Morgan fingerprint density at radius 1 is 1.13 bits per heavy atom. The summed E-state index contributed by atoms with van der Waals surface area (Å²) in [7, 11) is 0. The molecule has 0 aliphatic carbocycles. The van der Waals surface area contributed by atoms with Gasteiger partial charge in [0, 0.05) is 17.5 Å². The molecule has 0 unspecified atom stereocenters. The zero-order valence-corrected chi connectivity index (χ0v) is 18.8. The molecule has 0 aromatic heterocycles. The van der Waals surface area contributed by atoms with Gasteiger partial charge in [-0.3, -0.25) is 4.79 Å². The van der Waals surface area contributed by atoms with Crippen molar-refractivity contribution in [3.63, 3.8) is 0 Å². The number of hydrogen-bond donors (Lipinski definition) is 1. The van der Waals surface area contributed by atoms with Crippen LogP contribution in [-0.2, 0) is 19.9 Å². The second-order valence-corrected chi connectivity index (χ2v) is 8.76. The van der Waals surface area contributed by atoms with Gasteiger partial charge in [-0.2, -0.15) is 4.99 Å². The number of amides is 2. The first kappa shape index (κ1) is 22.5. The smallest absolute Gasteiger partial charge is 0.408 e. The summed E-state index contributed by atoms with van der Waals surface area (Å²) in [6.45, 7) is 9.37. The molecule has 2 atom stereocenters. The fourth-order valence-corrected chi connectivity index (χ4v) is 3.56. The SMILES string of the molecule is CCC[C@]1(c2ccc([C@H](C)NC(=O)OC(C)(C)C)cc2)OC(c2ccccc2)=NC1=O. The quantitative estimate of drug-likeness (QED) is 0.688. The lowest BCUT2D eigenvalue weighted by atomic mass is 9.87. The predicted molar refractivity (Wildman–Crippen MR) is 120 cm³/mol. The van der Waals surface area contributed by atoms with E-state index in [1.54, 1.807) is 0 Å². The molecule has 1 aliphatic heterocycles. The van der Waals surface area contributed by atoms with Crippen LogP contribution >= 0.6 is 0 Å². The number of carbonyl (C=O) groups is 2. The van der Waals surface area contributed by atoms with Crippen molar-refractivity contribution in [2.24, 2.45) is 4.99 Å². The van der Waals surface area contributed by atoms with Crippen LogP contribution in [0, 0.1) is 0 Å². The lowest BCUT2D eigenvalue weighted by molar-refractivity contribution is -0.132. The monoisotopic (exact) mass is 422 g/mol. The fourth-order valence-electron chi connectivity index (χ4n) is 3.56. The minimum Gasteiger partial charge on any atom is -0.455 e. The van der Waals surface area contributed by atoms with Gasteiger partial charge in [-0.1, -0.05) is 55.8 Å². The normalized spacial score (nSPS) is 19.4. The van der Waals surface area contributed by atoms with E-state index in [0.29, 0.717) is 12.3 Å². The van der Waals surface area contributed by atoms with Gasteiger partial charge in [0.15, 0.2) is 0 Å². The van der Waals surface area contributed by atoms with E-state index in [9.17, 15) is 9.59 Å². The summed E-state index contributed by atoms with van der Waals surface area (Å²) in [5.74, 6) is 0.0592. The topological polar surface area (TPSA) is 77.0 Å². The number of rotatable bonds is 6. The molecule has 31 heavy (non-hydrogen) atoms. The van der Waals surface area contributed by atoms with Crippen LogP contribution in [-0.4, -0.2) is 23.5 Å². The van der Waals surface area contributed by atoms with Crippen LogP contribution in [0.3, 0.4) is 0 Å². The van der Waals surface area contributed by atoms with E-state index in [1.807, 2.05) is 89.2 Å². The number of ether oxygens (including phenoxy) is 2. The van der Waals surface area contributed by atoms with Gasteiger partial charge in [0.05, 0.1) is 6.04 Å². The standard InChI is InChI=1S/C25H30N2O4/c1-6-16-25(22(28)27-21(30-25)19-10-8-7-9-11-19)20-14-12-18(13-15-20)17(2)26-23(29)31-24(3,4)5/h7-15,17H,6,16H2,1-5H3,(H,26,29)/t17-,25+/m0/s1. The summed E-state index contributed by atoms with van der Waals surface area (Å²) >= 11 is 0. The van der Waals surface area contributed by atoms with Crippen LogP contribution in [0.5, 0.6) is 0 Å². The number of benzene rings is 2. The van der Waals surface area contributed by atoms with Crippen LogP contribution in [0.25, 0.3) is 0 Å². The number of nitrogens with one attached hydrogen (secondary N) is 1. The third-order valence-corrected chi connectivity index (χ3v) is 5.05. The first-order valence-electron chi connectivity index (χ1n) is 10.6. The van der Waals surface area contributed by atoms with Crippen molar-refractivity contribution in [2.75, 3.05) is 0 Å². The van der Waals surface area contributed by atoms with E-state index >= 15 is 0 Å². The van der Waals surface area contributed by atoms with Gasteiger partial charge in [0.25, 0.3) is 5.91 Å². The van der Waals surface area contributed by atoms with Crippen molar-refractivity contribution in [2.45, 2.75) is 64.7 Å². The molecule has 0 saturated heterocycles. The van der Waals surface area contributed by atoms with E-state index < -0.39 is 17.3 Å². The van der Waals surface area contributed by atoms with E-state index in [0.717, 1.165) is 23.1 Å². The predicted octanol–water partition coefficient (Wildman–Crippen LogP) is 5.27. The van der Waals surface area contributed by atoms with E-state index in [2.05, 4.69) is 10.3 Å². The maximum atomic E-state index is 13.0. The van der Waals surface area contributed by atoms with Gasteiger partial charge in [0.1, 0.15) is 5.60 Å². The first-order chi connectivity index (χ1) is 14.6. The van der Waals surface area contributed by atoms with Crippen molar-refractivity contribution in [3.05, 3.63) is 71.3 Å². The summed E-state index contributed by atoms with van der Waals surface area (Å²) in [5, 5.41) is 2.83. The highest BCUT2D eigenvalue weighted by molar-refractivity contribution is 6.09. The maximum absolute atomic E-state index is 13.0. The third kappa shape index (κ3) is 5.13. The molecule has 1 N–H and O–H groups in total. The van der Waals surface area contributed by atoms with Gasteiger partial charge in [-0.25, -0.2) is 4.79 Å². The van der Waals surface area contributed by atoms with Crippen LogP contribution in [0.15, 0.2) is 59.6 Å². The highest BCUT2D eigenvalue weighted by Crippen LogP contribution is 2.38. The zero-order chi connectivity index (χ0) is 22.6. The zero-order valence-electron chi connectivity index (χ0n) is 18.8. The average Bonchev–Trinajstić information content (AvgIpc) is 3.05. The second-order valence-electron chi connectivity index (χ2n) is 8.76. The van der Waals surface area contributed by atoms with E-state index in [1.165, 1.54) is 0 Å². The lowest BCUT2D eigenvalue weighted by Gasteiger charge is -2.27. The Morgan fingerprint density at radius 3 is 2.35 bits per heavy atom. The van der Waals surface area contributed by atoms with Gasteiger partial charge < -0.3 is 14.8 Å². The second kappa shape index (κ2) is 8.92. The van der Waals surface area contributed by atoms with Gasteiger partial charge in [0.2, 0.25) is 11.5 Å². The maximum Gasteiger partial charge on any atom is 0.408 e. The van der Waals surface area contributed by atoms with Crippen molar-refractivity contribution in [1.29, 1.82) is 0 Å². The Hall–Kier alpha value is -3.15. The molecular weight excluding hydrogens is 392 g/mol. The molecule has 2 amide bonds. The molecule has 0 bridgehead atoms. The first-order valence-corrected chi connectivity index (χ1v) is 10.6. The molecule has 0 spiro atoms. The summed E-state index contributed by atoms with van der Waals surface area (Å²) < 4.78 is 11.5. The Balaban J connectivity index is 1.79. The van der Waals surface area contributed by atoms with Gasteiger partial charge >= 0.3 is 6.09 Å². The molecule has 2 aromatic rings. The molecule has 1 aliphatic rings. The minimum atomic E-state index is -1.12. The molecule has 3 rings (SSSR count). The summed E-state index contributed by atoms with van der Waals surface area (Å²) in [6, 6.07) is 16.7. The highest BCUT2D eigenvalue weighted by atomic mass is 16.6. The Kier molecular flexibility index (Phi) is 6.48. The summed E-state index contributed by atoms with van der Waals surface area (Å²) in [6.07, 6.45) is 0.819. The van der Waals surface area contributed by atoms with E-state index in [4.69, 9.17) is 9.47 Å². The summed E-state index contributed by atoms with van der Waals surface area (Å²) in [5.41, 5.74) is 0.746. The average molecular weight is 423 g/mol. The molecule has 0 fully saturated rings. The molecule has 1 heterocycles. The van der Waals surface area contributed by atoms with Crippen molar-refractivity contribution in [3.8, 4) is 0 Å². The Morgan fingerprint density at radius 2 is 1.77 bits per heavy atom. The van der Waals surface area contributed by atoms with Crippen LogP contribution < -0.4 is 5.32 Å². The molecule has 164 valence electrons. The number of hydrogen-bond acceptors (Lipinski definition) is 4. The molecule has 6 heteroatoms. The van der Waals surface area contributed by atoms with Crippen molar-refractivity contribution < 1.29 is 19.1 Å². The van der Waals surface area contributed by atoms with Gasteiger partial charge in [-0.05, 0) is 45.4 Å². The molecule has 0 saturated carbocycles. The third-order valence-electron chi connectivity index (χ3n) is 5.05. The number of carbonyl (C=O) groups excluding carboxylic acids is 2. The molecule has 6 nitrogen and oxygen atoms in total. The Bertz CT molecular complexity index is 961. The molecular formula is C25H30N2O4. The minimum absolute atomic E-state index is 0.248. The van der Waals surface area contributed by atoms with Crippen LogP contribution in [0.1, 0.15) is 70.2 Å². The van der Waals surface area contributed by atoms with E-state index in [-0.39, 0.29) is 11.9 Å². The number of alkyl carbamates (subject to hydrolysis) is 1. The highest BCUT2D eigenvalue weighted by Gasteiger charge is 2.47. The number of nitrogens with zero attached hydrogens (tertiary/aromatic N) is 1. The van der Waals surface area contributed by atoms with Gasteiger partial charge in [-0.15, -0.1) is 0 Å². The lowest BCUT2D eigenvalue weighted by Crippen LogP contribution is -2.35.